The van der Waals surface area contributed by atoms with Crippen molar-refractivity contribution < 1.29 is 23.9 Å². The van der Waals surface area contributed by atoms with Crippen LogP contribution in [0.3, 0.4) is 0 Å². The largest absolute Gasteiger partial charge is 0.497 e. The van der Waals surface area contributed by atoms with E-state index in [9.17, 15) is 14.4 Å². The SMILES string of the molecule is CCCCN(C(=O)CNC(=O)OC(C)(C)C)C(C(=O)Nc1ccc(OC)cc1)c1ccccc1. The Balaban J connectivity index is 2.27. The Hall–Kier alpha value is -3.55. The summed E-state index contributed by atoms with van der Waals surface area (Å²) in [5.74, 6) is -0.0540. The molecule has 8 heteroatoms. The van der Waals surface area contributed by atoms with E-state index in [1.165, 1.54) is 4.90 Å². The van der Waals surface area contributed by atoms with E-state index in [0.29, 0.717) is 30.0 Å². The Morgan fingerprint density at radius 2 is 1.65 bits per heavy atom. The third-order valence-corrected chi connectivity index (χ3v) is 4.89. The van der Waals surface area contributed by atoms with E-state index in [1.54, 1.807) is 52.1 Å². The van der Waals surface area contributed by atoms with Gasteiger partial charge in [-0.2, -0.15) is 0 Å². The number of carbonyl (C=O) groups excluding carboxylic acids is 3. The number of rotatable bonds is 10. The fraction of sp³-hybridized carbons (Fsp3) is 0.423. The van der Waals surface area contributed by atoms with Gasteiger partial charge in [-0.1, -0.05) is 43.7 Å². The van der Waals surface area contributed by atoms with Crippen LogP contribution in [0.2, 0.25) is 0 Å². The van der Waals surface area contributed by atoms with E-state index in [4.69, 9.17) is 9.47 Å². The minimum absolute atomic E-state index is 0.280. The van der Waals surface area contributed by atoms with Crippen LogP contribution < -0.4 is 15.4 Å². The van der Waals surface area contributed by atoms with Gasteiger partial charge in [0.05, 0.1) is 7.11 Å². The second kappa shape index (κ2) is 12.6. The lowest BCUT2D eigenvalue weighted by Gasteiger charge is -2.31. The second-order valence-corrected chi connectivity index (χ2v) is 8.83. The normalized spacial score (nSPS) is 11.8. The van der Waals surface area contributed by atoms with Gasteiger partial charge in [0, 0.05) is 12.2 Å². The predicted molar refractivity (Wildman–Crippen MR) is 132 cm³/mol. The molecule has 1 unspecified atom stereocenters. The van der Waals surface area contributed by atoms with Crippen molar-refractivity contribution in [2.24, 2.45) is 0 Å². The standard InChI is InChI=1S/C26H35N3O5/c1-6-7-17-29(22(30)18-27-25(32)34-26(2,3)4)23(19-11-9-8-10-12-19)24(31)28-20-13-15-21(33-5)16-14-20/h8-16,23H,6-7,17-18H2,1-5H3,(H,27,32)(H,28,31). The molecular weight excluding hydrogens is 434 g/mol. The summed E-state index contributed by atoms with van der Waals surface area (Å²) in [5, 5.41) is 5.40. The van der Waals surface area contributed by atoms with Gasteiger partial charge in [-0.25, -0.2) is 4.79 Å². The van der Waals surface area contributed by atoms with E-state index >= 15 is 0 Å². The van der Waals surface area contributed by atoms with Gasteiger partial charge in [-0.05, 0) is 57.0 Å². The van der Waals surface area contributed by atoms with Crippen LogP contribution in [-0.2, 0) is 14.3 Å². The molecule has 2 aromatic carbocycles. The first kappa shape index (κ1) is 26.7. The summed E-state index contributed by atoms with van der Waals surface area (Å²) >= 11 is 0. The molecule has 2 rings (SSSR count). The highest BCUT2D eigenvalue weighted by Crippen LogP contribution is 2.25. The molecule has 0 aromatic heterocycles. The van der Waals surface area contributed by atoms with Crippen molar-refractivity contribution >= 4 is 23.6 Å². The number of methoxy groups -OCH3 is 1. The Bertz CT molecular complexity index is 939. The van der Waals surface area contributed by atoms with Crippen LogP contribution in [0, 0.1) is 0 Å². The highest BCUT2D eigenvalue weighted by Gasteiger charge is 2.31. The van der Waals surface area contributed by atoms with Crippen molar-refractivity contribution in [2.75, 3.05) is 25.5 Å². The first-order valence-electron chi connectivity index (χ1n) is 11.4. The second-order valence-electron chi connectivity index (χ2n) is 8.83. The van der Waals surface area contributed by atoms with Gasteiger partial charge in [0.1, 0.15) is 23.9 Å². The first-order valence-corrected chi connectivity index (χ1v) is 11.4. The average molecular weight is 470 g/mol. The number of ether oxygens (including phenoxy) is 2. The highest BCUT2D eigenvalue weighted by molar-refractivity contribution is 5.98. The van der Waals surface area contributed by atoms with Gasteiger partial charge in [0.25, 0.3) is 5.91 Å². The zero-order valence-corrected chi connectivity index (χ0v) is 20.6. The Morgan fingerprint density at radius 1 is 1.00 bits per heavy atom. The number of nitrogens with zero attached hydrogens (tertiary/aromatic N) is 1. The Morgan fingerprint density at radius 3 is 2.21 bits per heavy atom. The number of carbonyl (C=O) groups is 3. The zero-order chi connectivity index (χ0) is 25.1. The number of hydrogen-bond acceptors (Lipinski definition) is 5. The van der Waals surface area contributed by atoms with Gasteiger partial charge in [-0.3, -0.25) is 9.59 Å². The van der Waals surface area contributed by atoms with Crippen LogP contribution in [0.4, 0.5) is 10.5 Å². The molecule has 0 heterocycles. The van der Waals surface area contributed by atoms with Crippen molar-refractivity contribution in [3.05, 3.63) is 60.2 Å². The van der Waals surface area contributed by atoms with Crippen molar-refractivity contribution in [3.63, 3.8) is 0 Å². The van der Waals surface area contributed by atoms with Gasteiger partial charge >= 0.3 is 6.09 Å². The van der Waals surface area contributed by atoms with Crippen LogP contribution in [0.15, 0.2) is 54.6 Å². The smallest absolute Gasteiger partial charge is 0.408 e. The summed E-state index contributed by atoms with van der Waals surface area (Å²) in [6.07, 6.45) is 0.859. The molecule has 8 nitrogen and oxygen atoms in total. The van der Waals surface area contributed by atoms with Crippen molar-refractivity contribution in [1.29, 1.82) is 0 Å². The van der Waals surface area contributed by atoms with Crippen molar-refractivity contribution in [1.82, 2.24) is 10.2 Å². The Labute approximate surface area is 201 Å². The lowest BCUT2D eigenvalue weighted by Crippen LogP contribution is -2.46. The minimum Gasteiger partial charge on any atom is -0.497 e. The van der Waals surface area contributed by atoms with Gasteiger partial charge in [0.15, 0.2) is 0 Å². The van der Waals surface area contributed by atoms with Crippen LogP contribution in [0.5, 0.6) is 5.75 Å². The van der Waals surface area contributed by atoms with Crippen LogP contribution in [0.1, 0.15) is 52.1 Å². The van der Waals surface area contributed by atoms with E-state index in [-0.39, 0.29) is 18.4 Å². The number of hydrogen-bond donors (Lipinski definition) is 2. The molecule has 0 radical (unpaired) electrons. The summed E-state index contributed by atoms with van der Waals surface area (Å²) in [6, 6.07) is 15.2. The molecule has 0 saturated heterocycles. The van der Waals surface area contributed by atoms with E-state index < -0.39 is 17.7 Å². The quantitative estimate of drug-likeness (QED) is 0.533. The number of alkyl carbamates (subject to hydrolysis) is 1. The number of unbranched alkanes of at least 4 members (excludes halogenated alkanes) is 1. The fourth-order valence-corrected chi connectivity index (χ4v) is 3.28. The van der Waals surface area contributed by atoms with Crippen LogP contribution in [0.25, 0.3) is 0 Å². The van der Waals surface area contributed by atoms with E-state index in [0.717, 1.165) is 6.42 Å². The molecule has 0 aliphatic heterocycles. The maximum atomic E-state index is 13.5. The third kappa shape index (κ3) is 8.42. The molecule has 0 aliphatic rings. The van der Waals surface area contributed by atoms with Crippen LogP contribution in [-0.4, -0.2) is 48.6 Å². The third-order valence-electron chi connectivity index (χ3n) is 4.89. The highest BCUT2D eigenvalue weighted by atomic mass is 16.6. The zero-order valence-electron chi connectivity index (χ0n) is 20.6. The Kier molecular flexibility index (Phi) is 9.92. The maximum absolute atomic E-state index is 13.5. The monoisotopic (exact) mass is 469 g/mol. The molecule has 2 aromatic rings. The topological polar surface area (TPSA) is 97.0 Å². The molecule has 0 fully saturated rings. The van der Waals surface area contributed by atoms with Crippen molar-refractivity contribution in [2.45, 2.75) is 52.2 Å². The maximum Gasteiger partial charge on any atom is 0.408 e. The molecule has 2 N–H and O–H groups in total. The molecular formula is C26H35N3O5. The molecule has 0 bridgehead atoms. The number of anilines is 1. The first-order chi connectivity index (χ1) is 16.1. The summed E-state index contributed by atoms with van der Waals surface area (Å²) in [7, 11) is 1.57. The number of nitrogens with one attached hydrogen (secondary N) is 2. The molecule has 184 valence electrons. The minimum atomic E-state index is -0.872. The molecule has 0 saturated carbocycles. The predicted octanol–water partition coefficient (Wildman–Crippen LogP) is 4.53. The molecule has 1 atom stereocenters. The lowest BCUT2D eigenvalue weighted by molar-refractivity contribution is -0.138. The van der Waals surface area contributed by atoms with Gasteiger partial charge < -0.3 is 25.0 Å². The molecule has 34 heavy (non-hydrogen) atoms. The average Bonchev–Trinajstić information content (AvgIpc) is 2.80. The van der Waals surface area contributed by atoms with E-state index in [1.807, 2.05) is 37.3 Å². The summed E-state index contributed by atoms with van der Waals surface area (Å²) in [6.45, 7) is 7.33. The van der Waals surface area contributed by atoms with Gasteiger partial charge in [-0.15, -0.1) is 0 Å². The summed E-state index contributed by atoms with van der Waals surface area (Å²) in [4.78, 5) is 40.3. The fourth-order valence-electron chi connectivity index (χ4n) is 3.28. The van der Waals surface area contributed by atoms with Gasteiger partial charge in [0.2, 0.25) is 5.91 Å². The number of benzene rings is 2. The van der Waals surface area contributed by atoms with E-state index in [2.05, 4.69) is 10.6 Å². The van der Waals surface area contributed by atoms with Crippen molar-refractivity contribution in [3.8, 4) is 5.75 Å². The summed E-state index contributed by atoms with van der Waals surface area (Å²) < 4.78 is 10.4. The van der Waals surface area contributed by atoms with Crippen LogP contribution >= 0.6 is 0 Å². The molecule has 0 spiro atoms. The molecule has 0 aliphatic carbocycles. The summed E-state index contributed by atoms with van der Waals surface area (Å²) in [5.41, 5.74) is 0.580. The molecule has 3 amide bonds. The number of amides is 3. The lowest BCUT2D eigenvalue weighted by atomic mass is 10.0.